The van der Waals surface area contributed by atoms with Gasteiger partial charge in [0.25, 0.3) is 0 Å². The van der Waals surface area contributed by atoms with Gasteiger partial charge in [-0.3, -0.25) is 4.98 Å². The summed E-state index contributed by atoms with van der Waals surface area (Å²) in [5, 5.41) is 20.3. The van der Waals surface area contributed by atoms with Gasteiger partial charge in [-0.2, -0.15) is 0 Å². The van der Waals surface area contributed by atoms with Crippen molar-refractivity contribution in [1.82, 2.24) is 10.3 Å². The van der Waals surface area contributed by atoms with E-state index in [1.165, 1.54) is 0 Å². The van der Waals surface area contributed by atoms with Crippen LogP contribution < -0.4 is 5.32 Å². The number of hydrogen-bond acceptors (Lipinski definition) is 5. The van der Waals surface area contributed by atoms with Crippen molar-refractivity contribution in [3.8, 4) is 0 Å². The van der Waals surface area contributed by atoms with Crippen LogP contribution in [0.15, 0.2) is 6.07 Å². The third kappa shape index (κ3) is 4.41. The number of aromatic nitrogens is 1. The summed E-state index contributed by atoms with van der Waals surface area (Å²) in [5.41, 5.74) is 2.47. The molecule has 1 aliphatic carbocycles. The van der Waals surface area contributed by atoms with Gasteiger partial charge in [0, 0.05) is 12.5 Å². The number of aryl methyl sites for hydroxylation is 2. The van der Waals surface area contributed by atoms with Gasteiger partial charge in [0.1, 0.15) is 6.61 Å². The summed E-state index contributed by atoms with van der Waals surface area (Å²) in [5.74, 6) is -1.01. The number of pyridine rings is 1. The molecule has 1 atom stereocenters. The lowest BCUT2D eigenvalue weighted by Crippen LogP contribution is -2.28. The van der Waals surface area contributed by atoms with E-state index in [1.807, 2.05) is 0 Å². The van der Waals surface area contributed by atoms with Crippen molar-refractivity contribution in [1.29, 1.82) is 0 Å². The van der Waals surface area contributed by atoms with Crippen LogP contribution in [0.2, 0.25) is 0 Å². The van der Waals surface area contributed by atoms with Gasteiger partial charge >= 0.3 is 12.1 Å². The molecule has 0 aliphatic heterocycles. The number of fused-ring (bicyclic) bond motifs is 1. The van der Waals surface area contributed by atoms with E-state index in [0.29, 0.717) is 5.69 Å². The van der Waals surface area contributed by atoms with Crippen LogP contribution in [0.5, 0.6) is 0 Å². The molecule has 7 nitrogen and oxygen atoms in total. The number of ether oxygens (including phenoxy) is 1. The first kappa shape index (κ1) is 17.2. The van der Waals surface area contributed by atoms with Crippen LogP contribution in [-0.2, 0) is 11.2 Å². The maximum atomic E-state index is 11.5. The molecule has 0 bridgehead atoms. The van der Waals surface area contributed by atoms with Gasteiger partial charge in [-0.25, -0.2) is 9.59 Å². The van der Waals surface area contributed by atoms with Gasteiger partial charge < -0.3 is 20.3 Å². The van der Waals surface area contributed by atoms with Crippen molar-refractivity contribution in [2.45, 2.75) is 38.5 Å². The number of rotatable bonds is 5. The molecule has 0 aromatic carbocycles. The number of carbonyl (C=O) groups is 2. The van der Waals surface area contributed by atoms with E-state index in [1.54, 1.807) is 13.0 Å². The highest BCUT2D eigenvalue weighted by molar-refractivity contribution is 5.89. The molecule has 1 aromatic rings. The summed E-state index contributed by atoms with van der Waals surface area (Å²) in [6.07, 6.45) is 3.01. The summed E-state index contributed by atoms with van der Waals surface area (Å²) in [6, 6.07) is 1.70. The second kappa shape index (κ2) is 7.92. The molecule has 1 aromatic heterocycles. The van der Waals surface area contributed by atoms with E-state index in [4.69, 9.17) is 9.84 Å². The minimum absolute atomic E-state index is 0.0334. The van der Waals surface area contributed by atoms with Gasteiger partial charge in [0.15, 0.2) is 0 Å². The molecule has 23 heavy (non-hydrogen) atoms. The van der Waals surface area contributed by atoms with Crippen LogP contribution in [0, 0.1) is 6.92 Å². The highest BCUT2D eigenvalue weighted by Crippen LogP contribution is 2.30. The van der Waals surface area contributed by atoms with Gasteiger partial charge in [0.2, 0.25) is 0 Å². The number of carbonyl (C=O) groups excluding carboxylic acids is 1. The summed E-state index contributed by atoms with van der Waals surface area (Å²) in [4.78, 5) is 27.2. The lowest BCUT2D eigenvalue weighted by molar-refractivity contribution is 0.0695. The molecule has 7 heteroatoms. The lowest BCUT2D eigenvalue weighted by Gasteiger charge is -2.18. The van der Waals surface area contributed by atoms with Crippen LogP contribution >= 0.6 is 0 Å². The highest BCUT2D eigenvalue weighted by Gasteiger charge is 2.24. The normalized spacial score (nSPS) is 17.0. The molecular formula is C16H22N2O5. The number of alkyl carbamates (subject to hydrolysis) is 1. The number of amides is 1. The monoisotopic (exact) mass is 322 g/mol. The predicted molar refractivity (Wildman–Crippen MR) is 82.7 cm³/mol. The van der Waals surface area contributed by atoms with Gasteiger partial charge in [-0.15, -0.1) is 0 Å². The van der Waals surface area contributed by atoms with E-state index in [-0.39, 0.29) is 31.2 Å². The Morgan fingerprint density at radius 2 is 2.22 bits per heavy atom. The highest BCUT2D eigenvalue weighted by atomic mass is 16.5. The average Bonchev–Trinajstić information content (AvgIpc) is 2.71. The Morgan fingerprint density at radius 3 is 2.91 bits per heavy atom. The topological polar surface area (TPSA) is 109 Å². The maximum absolute atomic E-state index is 11.5. The van der Waals surface area contributed by atoms with Crippen LogP contribution in [0.1, 0.15) is 52.5 Å². The molecule has 1 heterocycles. The zero-order chi connectivity index (χ0) is 16.8. The van der Waals surface area contributed by atoms with E-state index in [2.05, 4.69) is 10.3 Å². The largest absolute Gasteiger partial charge is 0.478 e. The second-order valence-corrected chi connectivity index (χ2v) is 5.66. The van der Waals surface area contributed by atoms with Gasteiger partial charge in [-0.1, -0.05) is 6.42 Å². The molecule has 0 spiro atoms. The molecule has 3 N–H and O–H groups in total. The predicted octanol–water partition coefficient (Wildman–Crippen LogP) is 1.62. The van der Waals surface area contributed by atoms with Crippen molar-refractivity contribution < 1.29 is 24.5 Å². The summed E-state index contributed by atoms with van der Waals surface area (Å²) < 4.78 is 5.20. The Balaban J connectivity index is 2.15. The number of nitrogens with zero attached hydrogens (tertiary/aromatic N) is 1. The van der Waals surface area contributed by atoms with Crippen molar-refractivity contribution in [3.63, 3.8) is 0 Å². The SMILES string of the molecule is Cc1nc2c(cc1C(=O)O)CCCCC2COC(=O)NCCO. The van der Waals surface area contributed by atoms with Crippen molar-refractivity contribution in [2.24, 2.45) is 0 Å². The fraction of sp³-hybridized carbons (Fsp3) is 0.562. The Labute approximate surface area is 134 Å². The molecule has 1 amide bonds. The first-order chi connectivity index (χ1) is 11.0. The molecule has 0 fully saturated rings. The number of aromatic carboxylic acids is 1. The smallest absolute Gasteiger partial charge is 0.407 e. The minimum Gasteiger partial charge on any atom is -0.478 e. The quantitative estimate of drug-likeness (QED) is 0.711. The van der Waals surface area contributed by atoms with E-state index in [0.717, 1.165) is 36.9 Å². The molecule has 0 radical (unpaired) electrons. The van der Waals surface area contributed by atoms with Gasteiger partial charge in [0.05, 0.1) is 23.6 Å². The Bertz CT molecular complexity index is 588. The molecule has 0 saturated heterocycles. The number of carboxylic acids is 1. The third-order valence-electron chi connectivity index (χ3n) is 3.99. The maximum Gasteiger partial charge on any atom is 0.407 e. The zero-order valence-corrected chi connectivity index (χ0v) is 13.2. The Kier molecular flexibility index (Phi) is 5.92. The molecule has 1 aliphatic rings. The van der Waals surface area contributed by atoms with Crippen molar-refractivity contribution in [3.05, 3.63) is 28.6 Å². The molecule has 1 unspecified atom stereocenters. The van der Waals surface area contributed by atoms with E-state index < -0.39 is 12.1 Å². The number of aliphatic hydroxyl groups excluding tert-OH is 1. The number of hydrogen-bond donors (Lipinski definition) is 3. The number of aliphatic hydroxyl groups is 1. The van der Waals surface area contributed by atoms with E-state index >= 15 is 0 Å². The van der Waals surface area contributed by atoms with Crippen LogP contribution in [-0.4, -0.2) is 47.0 Å². The standard InChI is InChI=1S/C16H22N2O5/c1-10-13(15(20)21)8-11-4-2-3-5-12(14(11)18-10)9-23-16(22)17-6-7-19/h8,12,19H,2-7,9H2,1H3,(H,17,22)(H,20,21). The molecule has 0 saturated carbocycles. The van der Waals surface area contributed by atoms with Crippen LogP contribution in [0.25, 0.3) is 0 Å². The fourth-order valence-electron chi connectivity index (χ4n) is 2.83. The lowest BCUT2D eigenvalue weighted by atomic mass is 9.97. The Morgan fingerprint density at radius 1 is 1.43 bits per heavy atom. The van der Waals surface area contributed by atoms with Crippen LogP contribution in [0.4, 0.5) is 4.79 Å². The third-order valence-corrected chi connectivity index (χ3v) is 3.99. The van der Waals surface area contributed by atoms with Crippen molar-refractivity contribution >= 4 is 12.1 Å². The van der Waals surface area contributed by atoms with Gasteiger partial charge in [-0.05, 0) is 37.8 Å². The van der Waals surface area contributed by atoms with E-state index in [9.17, 15) is 14.7 Å². The summed E-state index contributed by atoms with van der Waals surface area (Å²) in [7, 11) is 0. The molecule has 2 rings (SSSR count). The minimum atomic E-state index is -0.974. The first-order valence-electron chi connectivity index (χ1n) is 7.78. The van der Waals surface area contributed by atoms with Crippen LogP contribution in [0.3, 0.4) is 0 Å². The summed E-state index contributed by atoms with van der Waals surface area (Å²) >= 11 is 0. The number of carboxylic acid groups (broad SMARTS) is 1. The molecular weight excluding hydrogens is 300 g/mol. The average molecular weight is 322 g/mol. The second-order valence-electron chi connectivity index (χ2n) is 5.66. The zero-order valence-electron chi connectivity index (χ0n) is 13.2. The summed E-state index contributed by atoms with van der Waals surface area (Å²) in [6.45, 7) is 1.89. The first-order valence-corrected chi connectivity index (χ1v) is 7.78. The molecule has 126 valence electrons. The Hall–Kier alpha value is -2.15. The number of nitrogens with one attached hydrogen (secondary N) is 1. The fourth-order valence-corrected chi connectivity index (χ4v) is 2.83. The van der Waals surface area contributed by atoms with Crippen molar-refractivity contribution in [2.75, 3.05) is 19.8 Å².